The van der Waals surface area contributed by atoms with E-state index in [-0.39, 0.29) is 27.8 Å². The van der Waals surface area contributed by atoms with Crippen molar-refractivity contribution >= 4 is 27.7 Å². The molecule has 0 fully saturated rings. The lowest BCUT2D eigenvalue weighted by Crippen LogP contribution is -2.16. The van der Waals surface area contributed by atoms with Crippen LogP contribution >= 0.6 is 0 Å². The maximum atomic E-state index is 14.2. The number of ether oxygens (including phenoxy) is 3. The summed E-state index contributed by atoms with van der Waals surface area (Å²) in [7, 11) is 2.83. The lowest BCUT2D eigenvalue weighted by molar-refractivity contribution is -0.152. The first-order valence-corrected chi connectivity index (χ1v) is 11.3. The van der Waals surface area contributed by atoms with Crippen molar-refractivity contribution in [3.8, 4) is 28.4 Å². The van der Waals surface area contributed by atoms with Gasteiger partial charge in [-0.15, -0.1) is 0 Å². The molecule has 0 aliphatic heterocycles. The zero-order chi connectivity index (χ0) is 27.0. The number of carbonyl (C=O) groups is 1. The van der Waals surface area contributed by atoms with E-state index in [1.165, 1.54) is 44.6 Å². The smallest absolute Gasteiger partial charge is 0.450 e. The number of esters is 1. The van der Waals surface area contributed by atoms with Crippen molar-refractivity contribution in [3.05, 3.63) is 100 Å². The third-order valence-electron chi connectivity index (χ3n) is 5.98. The molecule has 0 amide bonds. The number of alkyl halides is 3. The zero-order valence-corrected chi connectivity index (χ0v) is 20.1. The van der Waals surface area contributed by atoms with E-state index in [0.717, 1.165) is 6.07 Å². The van der Waals surface area contributed by atoms with E-state index >= 15 is 0 Å². The topological polar surface area (TPSA) is 75.0 Å². The lowest BCUT2D eigenvalue weighted by Gasteiger charge is -2.15. The van der Waals surface area contributed by atoms with Gasteiger partial charge in [-0.05, 0) is 40.6 Å². The van der Waals surface area contributed by atoms with Crippen LogP contribution in [0, 0.1) is 0 Å². The molecular formula is C29H19F3O6. The number of halogens is 3. The van der Waals surface area contributed by atoms with Gasteiger partial charge >= 0.3 is 12.1 Å². The number of methoxy groups -OCH3 is 2. The molecule has 4 aromatic carbocycles. The fraction of sp³-hybridized carbons (Fsp3) is 0.103. The zero-order valence-electron chi connectivity index (χ0n) is 20.1. The van der Waals surface area contributed by atoms with E-state index < -0.39 is 28.9 Å². The second-order valence-electron chi connectivity index (χ2n) is 8.31. The quantitative estimate of drug-likeness (QED) is 0.186. The van der Waals surface area contributed by atoms with Crippen molar-refractivity contribution < 1.29 is 36.6 Å². The van der Waals surface area contributed by atoms with Gasteiger partial charge in [0.05, 0.1) is 30.7 Å². The van der Waals surface area contributed by atoms with Crippen molar-refractivity contribution in [2.75, 3.05) is 14.2 Å². The highest BCUT2D eigenvalue weighted by atomic mass is 19.4. The van der Waals surface area contributed by atoms with Crippen LogP contribution in [0.3, 0.4) is 0 Å². The lowest BCUT2D eigenvalue weighted by atomic mass is 9.96. The minimum Gasteiger partial charge on any atom is -0.497 e. The van der Waals surface area contributed by atoms with Gasteiger partial charge < -0.3 is 18.6 Å². The van der Waals surface area contributed by atoms with Crippen LogP contribution < -0.4 is 19.6 Å². The normalized spacial score (nSPS) is 11.5. The third-order valence-corrected chi connectivity index (χ3v) is 5.98. The van der Waals surface area contributed by atoms with E-state index in [2.05, 4.69) is 0 Å². The summed E-state index contributed by atoms with van der Waals surface area (Å²) in [4.78, 5) is 26.2. The summed E-state index contributed by atoms with van der Waals surface area (Å²) in [6.07, 6.45) is -4.97. The molecular weight excluding hydrogens is 501 g/mol. The summed E-state index contributed by atoms with van der Waals surface area (Å²) >= 11 is 0. The fourth-order valence-electron chi connectivity index (χ4n) is 4.22. The van der Waals surface area contributed by atoms with Crippen LogP contribution in [0.5, 0.6) is 17.2 Å². The predicted molar refractivity (Wildman–Crippen MR) is 135 cm³/mol. The molecule has 0 atom stereocenters. The summed E-state index contributed by atoms with van der Waals surface area (Å²) in [6.45, 7) is 0. The third kappa shape index (κ3) is 4.54. The molecule has 0 N–H and O–H groups in total. The predicted octanol–water partition coefficient (Wildman–Crippen LogP) is 6.87. The number of benzene rings is 4. The summed E-state index contributed by atoms with van der Waals surface area (Å²) in [5.41, 5.74) is -1.63. The molecule has 1 heterocycles. The Hall–Kier alpha value is -4.79. The van der Waals surface area contributed by atoms with Crippen molar-refractivity contribution in [2.24, 2.45) is 0 Å². The van der Waals surface area contributed by atoms with Gasteiger partial charge in [-0.3, -0.25) is 4.79 Å². The molecule has 192 valence electrons. The Labute approximate surface area is 213 Å². The maximum Gasteiger partial charge on any atom is 0.450 e. The molecule has 0 saturated heterocycles. The second-order valence-corrected chi connectivity index (χ2v) is 8.31. The molecule has 0 unspecified atom stereocenters. The average Bonchev–Trinajstić information content (AvgIpc) is 2.91. The minimum absolute atomic E-state index is 0.0880. The van der Waals surface area contributed by atoms with Crippen LogP contribution in [0.15, 0.2) is 88.1 Å². The summed E-state index contributed by atoms with van der Waals surface area (Å²) in [5.74, 6) is -1.67. The van der Waals surface area contributed by atoms with Gasteiger partial charge in [0.15, 0.2) is 0 Å². The number of rotatable bonds is 5. The number of carbonyl (C=O) groups excluding carboxylic acids is 1. The first kappa shape index (κ1) is 24.9. The Morgan fingerprint density at radius 3 is 2.16 bits per heavy atom. The monoisotopic (exact) mass is 520 g/mol. The van der Waals surface area contributed by atoms with Gasteiger partial charge in [0.2, 0.25) is 11.2 Å². The summed E-state index contributed by atoms with van der Waals surface area (Å²) < 4.78 is 63.5. The molecule has 0 aliphatic rings. The summed E-state index contributed by atoms with van der Waals surface area (Å²) in [6, 6.07) is 19.7. The van der Waals surface area contributed by atoms with Crippen LogP contribution in [-0.4, -0.2) is 20.2 Å². The van der Waals surface area contributed by atoms with Gasteiger partial charge in [-0.1, -0.05) is 42.5 Å². The van der Waals surface area contributed by atoms with E-state index in [9.17, 15) is 22.8 Å². The molecule has 0 spiro atoms. The van der Waals surface area contributed by atoms with Crippen LogP contribution in [0.4, 0.5) is 13.2 Å². The van der Waals surface area contributed by atoms with E-state index in [0.29, 0.717) is 22.3 Å². The average molecular weight is 520 g/mol. The first-order chi connectivity index (χ1) is 18.2. The van der Waals surface area contributed by atoms with Crippen LogP contribution in [0.2, 0.25) is 0 Å². The van der Waals surface area contributed by atoms with E-state index in [1.807, 2.05) is 0 Å². The molecule has 0 radical (unpaired) electrons. The standard InChI is InChI=1S/C29H19F3O6/c1-35-19-12-17(13-20(14-19)36-2)28(34)37-18-10-11-23-24(15-18)38-27(29(30,31)32)25(26(23)33)22-9-5-7-16-6-3-4-8-21(16)22/h3-15H,1-2H3. The molecule has 5 aromatic rings. The Morgan fingerprint density at radius 2 is 1.47 bits per heavy atom. The molecule has 9 heteroatoms. The van der Waals surface area contributed by atoms with E-state index in [4.69, 9.17) is 18.6 Å². The van der Waals surface area contributed by atoms with Crippen LogP contribution in [-0.2, 0) is 6.18 Å². The molecule has 5 rings (SSSR count). The molecule has 38 heavy (non-hydrogen) atoms. The Bertz CT molecular complexity index is 1730. The molecule has 6 nitrogen and oxygen atoms in total. The van der Waals surface area contributed by atoms with Crippen molar-refractivity contribution in [1.82, 2.24) is 0 Å². The highest BCUT2D eigenvalue weighted by Gasteiger charge is 2.39. The minimum atomic E-state index is -4.97. The molecule has 0 saturated carbocycles. The number of fused-ring (bicyclic) bond motifs is 2. The van der Waals surface area contributed by atoms with E-state index in [1.54, 1.807) is 42.5 Å². The van der Waals surface area contributed by atoms with Crippen LogP contribution in [0.1, 0.15) is 16.1 Å². The SMILES string of the molecule is COc1cc(OC)cc(C(=O)Oc2ccc3c(=O)c(-c4cccc5ccccc45)c(C(F)(F)F)oc3c2)c1. The Balaban J connectivity index is 1.62. The Kier molecular flexibility index (Phi) is 6.28. The highest BCUT2D eigenvalue weighted by Crippen LogP contribution is 2.40. The maximum absolute atomic E-state index is 14.2. The van der Waals surface area contributed by atoms with Gasteiger partial charge in [-0.25, -0.2) is 4.79 Å². The summed E-state index contributed by atoms with van der Waals surface area (Å²) in [5, 5.41) is 1.06. The van der Waals surface area contributed by atoms with Gasteiger partial charge in [0, 0.05) is 12.1 Å². The van der Waals surface area contributed by atoms with Crippen molar-refractivity contribution in [2.45, 2.75) is 6.18 Å². The second kappa shape index (κ2) is 9.59. The highest BCUT2D eigenvalue weighted by molar-refractivity contribution is 5.99. The number of hydrogen-bond acceptors (Lipinski definition) is 6. The fourth-order valence-corrected chi connectivity index (χ4v) is 4.22. The Morgan fingerprint density at radius 1 is 0.789 bits per heavy atom. The van der Waals surface area contributed by atoms with Gasteiger partial charge in [0.25, 0.3) is 0 Å². The van der Waals surface area contributed by atoms with Crippen molar-refractivity contribution in [3.63, 3.8) is 0 Å². The van der Waals surface area contributed by atoms with Crippen molar-refractivity contribution in [1.29, 1.82) is 0 Å². The van der Waals surface area contributed by atoms with Crippen LogP contribution in [0.25, 0.3) is 32.9 Å². The number of hydrogen-bond donors (Lipinski definition) is 0. The molecule has 1 aromatic heterocycles. The molecule has 0 bridgehead atoms. The van der Waals surface area contributed by atoms with Gasteiger partial charge in [-0.2, -0.15) is 13.2 Å². The largest absolute Gasteiger partial charge is 0.497 e. The first-order valence-electron chi connectivity index (χ1n) is 11.3. The van der Waals surface area contributed by atoms with Gasteiger partial charge in [0.1, 0.15) is 22.8 Å². The molecule has 0 aliphatic carbocycles.